The zero-order valence-corrected chi connectivity index (χ0v) is 15.2. The maximum Gasteiger partial charge on any atom is 0.336 e. The Labute approximate surface area is 166 Å². The van der Waals surface area contributed by atoms with Crippen LogP contribution in [0.5, 0.6) is 5.75 Å². The summed E-state index contributed by atoms with van der Waals surface area (Å²) in [6.07, 6.45) is 6.08. The van der Waals surface area contributed by atoms with Gasteiger partial charge in [0.15, 0.2) is 0 Å². The Balaban J connectivity index is 1.47. The molecule has 29 heavy (non-hydrogen) atoms. The van der Waals surface area contributed by atoms with E-state index >= 15 is 0 Å². The first-order valence-electron chi connectivity index (χ1n) is 8.82. The first kappa shape index (κ1) is 18.0. The van der Waals surface area contributed by atoms with E-state index in [9.17, 15) is 10.1 Å². The van der Waals surface area contributed by atoms with Crippen LogP contribution < -0.4 is 4.74 Å². The van der Waals surface area contributed by atoms with Crippen molar-refractivity contribution in [1.29, 1.82) is 5.26 Å². The molecule has 0 aliphatic carbocycles. The summed E-state index contributed by atoms with van der Waals surface area (Å²) in [6.45, 7) is 0. The lowest BCUT2D eigenvalue weighted by molar-refractivity contribution is -0.128. The molecule has 2 heterocycles. The van der Waals surface area contributed by atoms with Crippen LogP contribution in [0.3, 0.4) is 0 Å². The highest BCUT2D eigenvalue weighted by atomic mass is 16.5. The van der Waals surface area contributed by atoms with Gasteiger partial charge in [0.05, 0.1) is 22.9 Å². The third-order valence-electron chi connectivity index (χ3n) is 4.10. The largest absolute Gasteiger partial charge is 0.465 e. The minimum absolute atomic E-state index is 0.401. The fraction of sp³-hybridized carbons (Fsp3) is 0. The number of hydrogen-bond donors (Lipinski definition) is 1. The molecule has 0 radical (unpaired) electrons. The molecule has 0 atom stereocenters. The predicted octanol–water partition coefficient (Wildman–Crippen LogP) is 4.84. The number of esters is 1. The molecule has 6 heteroatoms. The van der Waals surface area contributed by atoms with Gasteiger partial charge in [0.1, 0.15) is 23.4 Å². The van der Waals surface area contributed by atoms with E-state index in [-0.39, 0.29) is 0 Å². The summed E-state index contributed by atoms with van der Waals surface area (Å²) in [5.41, 5.74) is 2.86. The van der Waals surface area contributed by atoms with E-state index in [1.165, 1.54) is 18.4 Å². The third-order valence-corrected chi connectivity index (χ3v) is 4.10. The molecule has 6 nitrogen and oxygen atoms in total. The number of rotatable bonds is 5. The quantitative estimate of drug-likeness (QED) is 0.231. The van der Waals surface area contributed by atoms with Gasteiger partial charge in [0.25, 0.3) is 0 Å². The SMILES string of the molecule is N#C/C(=C\c1ccc(OC(=O)/C=C/c2ccco2)cc1)c1nc2ccccc2[nH]1. The molecule has 4 aromatic rings. The van der Waals surface area contributed by atoms with Crippen LogP contribution in [0.2, 0.25) is 0 Å². The number of hydrogen-bond acceptors (Lipinski definition) is 5. The molecule has 0 unspecified atom stereocenters. The first-order chi connectivity index (χ1) is 14.2. The smallest absolute Gasteiger partial charge is 0.336 e. The van der Waals surface area contributed by atoms with Gasteiger partial charge in [-0.2, -0.15) is 5.26 Å². The standard InChI is InChI=1S/C23H15N3O3/c24-15-17(23-25-20-5-1-2-6-21(20)26-23)14-16-7-9-19(10-8-16)29-22(27)12-11-18-4-3-13-28-18/h1-14H,(H,25,26)/b12-11+,17-14+. The zero-order chi connectivity index (χ0) is 20.1. The highest BCUT2D eigenvalue weighted by molar-refractivity contribution is 5.90. The van der Waals surface area contributed by atoms with Gasteiger partial charge in [-0.3, -0.25) is 0 Å². The number of aromatic amines is 1. The maximum atomic E-state index is 11.9. The van der Waals surface area contributed by atoms with Crippen molar-refractivity contribution in [2.45, 2.75) is 0 Å². The number of fused-ring (bicyclic) bond motifs is 1. The molecule has 1 N–H and O–H groups in total. The zero-order valence-electron chi connectivity index (χ0n) is 15.2. The second-order valence-electron chi connectivity index (χ2n) is 6.11. The third kappa shape index (κ3) is 4.31. The van der Waals surface area contributed by atoms with Crippen molar-refractivity contribution in [3.05, 3.63) is 90.2 Å². The summed E-state index contributed by atoms with van der Waals surface area (Å²) in [5.74, 6) is 0.965. The van der Waals surface area contributed by atoms with E-state index in [2.05, 4.69) is 16.0 Å². The van der Waals surface area contributed by atoms with Crippen LogP contribution in [0.25, 0.3) is 28.8 Å². The van der Waals surface area contributed by atoms with Crippen molar-refractivity contribution in [1.82, 2.24) is 9.97 Å². The van der Waals surface area contributed by atoms with Gasteiger partial charge in [-0.15, -0.1) is 0 Å². The monoisotopic (exact) mass is 381 g/mol. The average molecular weight is 381 g/mol. The van der Waals surface area contributed by atoms with Gasteiger partial charge < -0.3 is 14.1 Å². The first-order valence-corrected chi connectivity index (χ1v) is 8.82. The number of nitrogens with one attached hydrogen (secondary N) is 1. The number of para-hydroxylation sites is 2. The van der Waals surface area contributed by atoms with Gasteiger partial charge in [0, 0.05) is 6.08 Å². The molecule has 0 saturated heterocycles. The molecule has 4 rings (SSSR count). The minimum atomic E-state index is -0.510. The van der Waals surface area contributed by atoms with Gasteiger partial charge in [-0.1, -0.05) is 24.3 Å². The van der Waals surface area contributed by atoms with Crippen LogP contribution in [0.1, 0.15) is 17.1 Å². The number of benzene rings is 2. The number of ether oxygens (including phenoxy) is 1. The lowest BCUT2D eigenvalue weighted by Gasteiger charge is -2.02. The van der Waals surface area contributed by atoms with Gasteiger partial charge in [0.2, 0.25) is 0 Å². The minimum Gasteiger partial charge on any atom is -0.465 e. The number of H-pyrrole nitrogens is 1. The van der Waals surface area contributed by atoms with Crippen LogP contribution in [0, 0.1) is 11.3 Å². The van der Waals surface area contributed by atoms with Gasteiger partial charge in [-0.25, -0.2) is 9.78 Å². The van der Waals surface area contributed by atoms with Crippen molar-refractivity contribution in [3.8, 4) is 11.8 Å². The number of nitriles is 1. The summed E-state index contributed by atoms with van der Waals surface area (Å²) in [5, 5.41) is 9.51. The van der Waals surface area contributed by atoms with Crippen LogP contribution in [-0.4, -0.2) is 15.9 Å². The van der Waals surface area contributed by atoms with Gasteiger partial charge in [-0.05, 0) is 54.1 Å². The molecule has 0 aliphatic heterocycles. The Kier molecular flexibility index (Phi) is 5.04. The summed E-state index contributed by atoms with van der Waals surface area (Å²) in [7, 11) is 0. The van der Waals surface area contributed by atoms with E-state index in [1.807, 2.05) is 24.3 Å². The van der Waals surface area contributed by atoms with Crippen molar-refractivity contribution < 1.29 is 13.9 Å². The van der Waals surface area contributed by atoms with Crippen molar-refractivity contribution in [2.24, 2.45) is 0 Å². The summed E-state index contributed by atoms with van der Waals surface area (Å²) >= 11 is 0. The molecule has 0 aliphatic rings. The predicted molar refractivity (Wildman–Crippen MR) is 109 cm³/mol. The second kappa shape index (κ2) is 8.11. The van der Waals surface area contributed by atoms with E-state index in [0.29, 0.717) is 22.9 Å². The van der Waals surface area contributed by atoms with Crippen molar-refractivity contribution in [3.63, 3.8) is 0 Å². The topological polar surface area (TPSA) is 91.9 Å². The lowest BCUT2D eigenvalue weighted by atomic mass is 10.1. The Morgan fingerprint density at radius 3 is 2.66 bits per heavy atom. The van der Waals surface area contributed by atoms with Crippen molar-refractivity contribution in [2.75, 3.05) is 0 Å². The van der Waals surface area contributed by atoms with E-state index in [1.54, 1.807) is 42.5 Å². The number of carbonyl (C=O) groups excluding carboxylic acids is 1. The average Bonchev–Trinajstić information content (AvgIpc) is 3.41. The number of nitrogens with zero attached hydrogens (tertiary/aromatic N) is 2. The lowest BCUT2D eigenvalue weighted by Crippen LogP contribution is -2.03. The molecular weight excluding hydrogens is 366 g/mol. The molecule has 2 aromatic carbocycles. The number of aromatic nitrogens is 2. The molecule has 0 saturated carbocycles. The van der Waals surface area contributed by atoms with Crippen LogP contribution >= 0.6 is 0 Å². The normalized spacial score (nSPS) is 11.6. The Morgan fingerprint density at radius 2 is 1.93 bits per heavy atom. The highest BCUT2D eigenvalue weighted by Gasteiger charge is 2.08. The molecule has 140 valence electrons. The molecular formula is C23H15N3O3. The number of furan rings is 1. The number of imidazole rings is 1. The Bertz CT molecular complexity index is 1210. The fourth-order valence-electron chi connectivity index (χ4n) is 2.72. The summed E-state index contributed by atoms with van der Waals surface area (Å²) in [6, 6.07) is 20.1. The number of allylic oxidation sites excluding steroid dienone is 1. The van der Waals surface area contributed by atoms with Gasteiger partial charge >= 0.3 is 5.97 Å². The maximum absolute atomic E-state index is 11.9. The molecule has 2 aromatic heterocycles. The van der Waals surface area contributed by atoms with E-state index < -0.39 is 5.97 Å². The van der Waals surface area contributed by atoms with Crippen molar-refractivity contribution >= 4 is 34.7 Å². The fourth-order valence-corrected chi connectivity index (χ4v) is 2.72. The Hall–Kier alpha value is -4.37. The second-order valence-corrected chi connectivity index (χ2v) is 6.11. The Morgan fingerprint density at radius 1 is 1.10 bits per heavy atom. The molecule has 0 spiro atoms. The summed E-state index contributed by atoms with van der Waals surface area (Å²) < 4.78 is 10.4. The van der Waals surface area contributed by atoms with Crippen LogP contribution in [-0.2, 0) is 4.79 Å². The highest BCUT2D eigenvalue weighted by Crippen LogP contribution is 2.20. The van der Waals surface area contributed by atoms with Crippen LogP contribution in [0.4, 0.5) is 0 Å². The molecule has 0 fully saturated rings. The van der Waals surface area contributed by atoms with E-state index in [4.69, 9.17) is 9.15 Å². The molecule has 0 amide bonds. The van der Waals surface area contributed by atoms with E-state index in [0.717, 1.165) is 16.6 Å². The molecule has 0 bridgehead atoms. The van der Waals surface area contributed by atoms with Crippen LogP contribution in [0.15, 0.2) is 77.4 Å². The number of carbonyl (C=O) groups is 1. The summed E-state index contributed by atoms with van der Waals surface area (Å²) in [4.78, 5) is 19.5.